The third-order valence-electron chi connectivity index (χ3n) is 5.92. The Morgan fingerprint density at radius 2 is 1.44 bits per heavy atom. The van der Waals surface area contributed by atoms with Gasteiger partial charge in [0.25, 0.3) is 20.0 Å². The maximum Gasteiger partial charge on any atom is 0.264 e. The molecule has 1 fully saturated rings. The van der Waals surface area contributed by atoms with Crippen molar-refractivity contribution in [1.29, 1.82) is 0 Å². The van der Waals surface area contributed by atoms with Gasteiger partial charge in [-0.15, -0.1) is 0 Å². The highest BCUT2D eigenvalue weighted by molar-refractivity contribution is 7.93. The first kappa shape index (κ1) is 25.6. The van der Waals surface area contributed by atoms with Crippen LogP contribution in [0.15, 0.2) is 76.5 Å². The lowest BCUT2D eigenvalue weighted by molar-refractivity contribution is 0.414. The van der Waals surface area contributed by atoms with E-state index in [-0.39, 0.29) is 21.2 Å². The van der Waals surface area contributed by atoms with Crippen molar-refractivity contribution in [3.63, 3.8) is 0 Å². The van der Waals surface area contributed by atoms with E-state index in [0.717, 1.165) is 19.3 Å². The van der Waals surface area contributed by atoms with E-state index in [0.29, 0.717) is 30.3 Å². The minimum absolute atomic E-state index is 0.0229. The normalized spacial score (nSPS) is 14.2. The van der Waals surface area contributed by atoms with E-state index in [2.05, 4.69) is 9.44 Å². The number of benzene rings is 3. The third-order valence-corrected chi connectivity index (χ3v) is 8.71. The monoisotopic (exact) mass is 531 g/mol. The first-order chi connectivity index (χ1) is 17.2. The minimum Gasteiger partial charge on any atom is -0.497 e. The lowest BCUT2D eigenvalue weighted by Crippen LogP contribution is -2.31. The van der Waals surface area contributed by atoms with Crippen LogP contribution in [0.4, 0.5) is 17.1 Å². The quantitative estimate of drug-likeness (QED) is 0.423. The number of anilines is 3. The van der Waals surface area contributed by atoms with Gasteiger partial charge in [0.05, 0.1) is 36.2 Å². The molecule has 1 aliphatic rings. The topological polar surface area (TPSA) is 114 Å². The molecule has 1 saturated heterocycles. The highest BCUT2D eigenvalue weighted by Gasteiger charge is 2.26. The predicted molar refractivity (Wildman–Crippen MR) is 140 cm³/mol. The molecule has 0 atom stereocenters. The zero-order chi connectivity index (χ0) is 25.8. The van der Waals surface area contributed by atoms with E-state index in [4.69, 9.17) is 9.47 Å². The van der Waals surface area contributed by atoms with Gasteiger partial charge in [-0.2, -0.15) is 0 Å². The van der Waals surface area contributed by atoms with Gasteiger partial charge >= 0.3 is 0 Å². The number of rotatable bonds is 9. The Kier molecular flexibility index (Phi) is 7.60. The Labute approximate surface area is 212 Å². The minimum atomic E-state index is -4.10. The molecule has 36 heavy (non-hydrogen) atoms. The summed E-state index contributed by atoms with van der Waals surface area (Å²) in [7, 11) is -5.11. The van der Waals surface area contributed by atoms with Gasteiger partial charge in [0.15, 0.2) is 0 Å². The molecule has 9 nitrogen and oxygen atoms in total. The average molecular weight is 532 g/mol. The summed E-state index contributed by atoms with van der Waals surface area (Å²) in [6.45, 7) is 1.43. The third kappa shape index (κ3) is 5.68. The Bertz CT molecular complexity index is 1420. The fraction of sp³-hybridized carbons (Fsp3) is 0.280. The first-order valence-corrected chi connectivity index (χ1v) is 14.4. The molecule has 192 valence electrons. The van der Waals surface area contributed by atoms with Gasteiger partial charge in [-0.05, 0) is 73.9 Å². The molecule has 3 aromatic carbocycles. The first-order valence-electron chi connectivity index (χ1n) is 11.5. The summed E-state index contributed by atoms with van der Waals surface area (Å²) in [5.41, 5.74) is 0.935. The Hall–Kier alpha value is -3.44. The number of hydrogen-bond acceptors (Lipinski definition) is 7. The molecule has 0 radical (unpaired) electrons. The highest BCUT2D eigenvalue weighted by atomic mass is 32.2. The molecule has 0 unspecified atom stereocenters. The molecule has 0 aromatic heterocycles. The summed E-state index contributed by atoms with van der Waals surface area (Å²) in [6.07, 6.45) is 2.98. The van der Waals surface area contributed by atoms with Crippen molar-refractivity contribution < 1.29 is 26.3 Å². The van der Waals surface area contributed by atoms with Gasteiger partial charge in [-0.25, -0.2) is 16.8 Å². The lowest BCUT2D eigenvalue weighted by Gasteiger charge is -2.30. The van der Waals surface area contributed by atoms with Crippen LogP contribution in [0.2, 0.25) is 0 Å². The van der Waals surface area contributed by atoms with Crippen LogP contribution >= 0.6 is 0 Å². The van der Waals surface area contributed by atoms with Gasteiger partial charge in [0, 0.05) is 13.1 Å². The van der Waals surface area contributed by atoms with Crippen LogP contribution in [0, 0.1) is 0 Å². The maximum atomic E-state index is 13.6. The van der Waals surface area contributed by atoms with Crippen LogP contribution in [-0.2, 0) is 20.0 Å². The van der Waals surface area contributed by atoms with Crippen molar-refractivity contribution in [3.8, 4) is 11.5 Å². The van der Waals surface area contributed by atoms with Crippen molar-refractivity contribution >= 4 is 37.1 Å². The van der Waals surface area contributed by atoms with E-state index >= 15 is 0 Å². The van der Waals surface area contributed by atoms with Gasteiger partial charge in [-0.3, -0.25) is 9.44 Å². The molecular weight excluding hydrogens is 502 g/mol. The summed E-state index contributed by atoms with van der Waals surface area (Å²) in [6, 6.07) is 17.2. The fourth-order valence-electron chi connectivity index (χ4n) is 4.09. The molecule has 3 aromatic rings. The maximum absolute atomic E-state index is 13.6. The van der Waals surface area contributed by atoms with Crippen LogP contribution in [0.5, 0.6) is 11.5 Å². The standard InChI is InChI=1S/C25H29N3O6S2/c1-33-20-11-13-21(14-12-20)35(29,30)26-19-10-15-23(28-16-6-3-7-17-28)25(18-19)36(31,32)27-22-8-4-5-9-24(22)34-2/h4-5,8-15,18,26-27H,3,6-7,16-17H2,1-2H3. The van der Waals surface area contributed by atoms with Crippen molar-refractivity contribution in [3.05, 3.63) is 66.7 Å². The number of ether oxygens (including phenoxy) is 2. The molecule has 0 bridgehead atoms. The van der Waals surface area contributed by atoms with Gasteiger partial charge < -0.3 is 14.4 Å². The van der Waals surface area contributed by atoms with Crippen LogP contribution in [-0.4, -0.2) is 44.1 Å². The van der Waals surface area contributed by atoms with E-state index < -0.39 is 20.0 Å². The second kappa shape index (κ2) is 10.7. The zero-order valence-electron chi connectivity index (χ0n) is 20.1. The second-order valence-electron chi connectivity index (χ2n) is 8.32. The van der Waals surface area contributed by atoms with Crippen LogP contribution in [0.3, 0.4) is 0 Å². The van der Waals surface area contributed by atoms with E-state index in [9.17, 15) is 16.8 Å². The number of methoxy groups -OCH3 is 2. The van der Waals surface area contributed by atoms with Crippen LogP contribution in [0.1, 0.15) is 19.3 Å². The highest BCUT2D eigenvalue weighted by Crippen LogP contribution is 2.34. The number of piperidine rings is 1. The van der Waals surface area contributed by atoms with E-state index in [1.54, 1.807) is 48.5 Å². The van der Waals surface area contributed by atoms with Crippen LogP contribution < -0.4 is 23.8 Å². The molecule has 1 heterocycles. The lowest BCUT2D eigenvalue weighted by atomic mass is 10.1. The zero-order valence-corrected chi connectivity index (χ0v) is 21.7. The van der Waals surface area contributed by atoms with E-state index in [1.807, 2.05) is 4.90 Å². The number of para-hydroxylation sites is 2. The molecule has 0 aliphatic carbocycles. The summed E-state index contributed by atoms with van der Waals surface area (Å²) >= 11 is 0. The number of hydrogen-bond donors (Lipinski definition) is 2. The van der Waals surface area contributed by atoms with Crippen molar-refractivity contribution in [2.75, 3.05) is 41.7 Å². The number of nitrogens with zero attached hydrogens (tertiary/aromatic N) is 1. The van der Waals surface area contributed by atoms with Crippen molar-refractivity contribution in [2.45, 2.75) is 29.1 Å². The molecule has 1 aliphatic heterocycles. The molecule has 0 amide bonds. The fourth-order valence-corrected chi connectivity index (χ4v) is 6.46. The Morgan fingerprint density at radius 1 is 0.750 bits per heavy atom. The summed E-state index contributed by atoms with van der Waals surface area (Å²) < 4.78 is 68.6. The van der Waals surface area contributed by atoms with Crippen LogP contribution in [0.25, 0.3) is 0 Å². The predicted octanol–water partition coefficient (Wildman–Crippen LogP) is 4.30. The summed E-state index contributed by atoms with van der Waals surface area (Å²) in [5, 5.41) is 0. The Morgan fingerprint density at radius 3 is 2.11 bits per heavy atom. The number of nitrogens with one attached hydrogen (secondary N) is 2. The molecule has 0 saturated carbocycles. The Balaban J connectivity index is 1.72. The molecule has 11 heteroatoms. The van der Waals surface area contributed by atoms with Crippen molar-refractivity contribution in [1.82, 2.24) is 0 Å². The average Bonchev–Trinajstić information content (AvgIpc) is 2.89. The van der Waals surface area contributed by atoms with Gasteiger partial charge in [0.2, 0.25) is 0 Å². The SMILES string of the molecule is COc1ccc(S(=O)(=O)Nc2ccc(N3CCCCC3)c(S(=O)(=O)Nc3ccccc3OC)c2)cc1. The molecule has 0 spiro atoms. The molecular formula is C25H29N3O6S2. The van der Waals surface area contributed by atoms with Gasteiger partial charge in [0.1, 0.15) is 16.4 Å². The van der Waals surface area contributed by atoms with Crippen molar-refractivity contribution in [2.24, 2.45) is 0 Å². The largest absolute Gasteiger partial charge is 0.497 e. The second-order valence-corrected chi connectivity index (χ2v) is 11.7. The smallest absolute Gasteiger partial charge is 0.264 e. The number of sulfonamides is 2. The molecule has 2 N–H and O–H groups in total. The van der Waals surface area contributed by atoms with E-state index in [1.165, 1.54) is 32.4 Å². The molecule has 4 rings (SSSR count). The van der Waals surface area contributed by atoms with Gasteiger partial charge in [-0.1, -0.05) is 12.1 Å². The summed E-state index contributed by atoms with van der Waals surface area (Å²) in [5.74, 6) is 0.896. The summed E-state index contributed by atoms with van der Waals surface area (Å²) in [4.78, 5) is 2.02.